The minimum absolute atomic E-state index is 0.207. The zero-order chi connectivity index (χ0) is 19.9. The molecule has 0 fully saturated rings. The van der Waals surface area contributed by atoms with Crippen molar-refractivity contribution >= 4 is 15.9 Å². The molecular weight excluding hydrogens is 371 g/mol. The van der Waals surface area contributed by atoms with E-state index in [0.29, 0.717) is 5.75 Å². The molecule has 1 amide bonds. The van der Waals surface area contributed by atoms with E-state index in [-0.39, 0.29) is 19.1 Å². The number of carbonyl (C=O) groups is 1. The zero-order valence-corrected chi connectivity index (χ0v) is 16.0. The summed E-state index contributed by atoms with van der Waals surface area (Å²) in [6, 6.07) is 13.1. The Morgan fingerprint density at radius 3 is 2.33 bits per heavy atom. The third-order valence-corrected chi connectivity index (χ3v) is 5.24. The number of benzene rings is 2. The highest BCUT2D eigenvalue weighted by Crippen LogP contribution is 2.15. The maximum atomic E-state index is 13.8. The van der Waals surface area contributed by atoms with Crippen LogP contribution in [0.3, 0.4) is 0 Å². The van der Waals surface area contributed by atoms with Gasteiger partial charge in [0.25, 0.3) is 0 Å². The molecule has 2 aromatic rings. The van der Waals surface area contributed by atoms with Gasteiger partial charge in [0.15, 0.2) is 0 Å². The molecule has 0 saturated carbocycles. The average molecular weight is 394 g/mol. The largest absolute Gasteiger partial charge is 0.492 e. The Hall–Kier alpha value is -2.45. The van der Waals surface area contributed by atoms with Crippen molar-refractivity contribution in [1.82, 2.24) is 10.0 Å². The minimum Gasteiger partial charge on any atom is -0.492 e. The summed E-state index contributed by atoms with van der Waals surface area (Å²) in [6.07, 6.45) is 0. The molecule has 27 heavy (non-hydrogen) atoms. The maximum absolute atomic E-state index is 13.8. The van der Waals surface area contributed by atoms with E-state index in [0.717, 1.165) is 12.1 Å². The summed E-state index contributed by atoms with van der Waals surface area (Å²) in [7, 11) is -4.17. The van der Waals surface area contributed by atoms with Crippen LogP contribution in [0.1, 0.15) is 13.8 Å². The van der Waals surface area contributed by atoms with Crippen LogP contribution in [-0.4, -0.2) is 33.5 Å². The lowest BCUT2D eigenvalue weighted by atomic mass is 10.1. The van der Waals surface area contributed by atoms with Gasteiger partial charge in [0.05, 0.1) is 6.54 Å². The molecule has 6 nitrogen and oxygen atoms in total. The second-order valence-electron chi connectivity index (χ2n) is 6.23. The van der Waals surface area contributed by atoms with Crippen LogP contribution in [0, 0.1) is 11.7 Å². The number of hydrogen-bond acceptors (Lipinski definition) is 4. The summed E-state index contributed by atoms with van der Waals surface area (Å²) < 4.78 is 46.4. The molecule has 0 aromatic heterocycles. The first-order chi connectivity index (χ1) is 12.8. The van der Waals surface area contributed by atoms with Crippen molar-refractivity contribution < 1.29 is 22.3 Å². The van der Waals surface area contributed by atoms with Gasteiger partial charge in [-0.1, -0.05) is 44.2 Å². The van der Waals surface area contributed by atoms with Crippen LogP contribution in [0.15, 0.2) is 59.5 Å². The first-order valence-corrected chi connectivity index (χ1v) is 10.0. The summed E-state index contributed by atoms with van der Waals surface area (Å²) >= 11 is 0. The van der Waals surface area contributed by atoms with Crippen molar-refractivity contribution in [2.45, 2.75) is 24.8 Å². The molecule has 0 spiro atoms. The van der Waals surface area contributed by atoms with E-state index in [1.807, 2.05) is 18.2 Å². The molecule has 146 valence electrons. The molecular formula is C19H23FN2O4S. The van der Waals surface area contributed by atoms with Crippen LogP contribution in [0.4, 0.5) is 4.39 Å². The molecule has 2 N–H and O–H groups in total. The van der Waals surface area contributed by atoms with Gasteiger partial charge < -0.3 is 10.1 Å². The first-order valence-electron chi connectivity index (χ1n) is 8.53. The number of para-hydroxylation sites is 1. The van der Waals surface area contributed by atoms with Crippen molar-refractivity contribution in [3.05, 3.63) is 60.4 Å². The highest BCUT2D eigenvalue weighted by molar-refractivity contribution is 7.89. The Morgan fingerprint density at radius 2 is 1.70 bits per heavy atom. The lowest BCUT2D eigenvalue weighted by Gasteiger charge is -2.21. The molecule has 0 unspecified atom stereocenters. The van der Waals surface area contributed by atoms with E-state index >= 15 is 0 Å². The van der Waals surface area contributed by atoms with Crippen LogP contribution < -0.4 is 14.8 Å². The third-order valence-electron chi connectivity index (χ3n) is 3.77. The Labute approximate surface area is 158 Å². The molecule has 0 radical (unpaired) electrons. The fraction of sp³-hybridized carbons (Fsp3) is 0.316. The standard InChI is InChI=1S/C19H23FN2O4S/c1-14(2)18(22-27(24,25)17-11-7-6-10-16(17)20)19(23)21-12-13-26-15-8-4-3-5-9-15/h3-11,14,18,22H,12-13H2,1-2H3,(H,21,23)/t18-/m0/s1. The zero-order valence-electron chi connectivity index (χ0n) is 15.2. The van der Waals surface area contributed by atoms with Gasteiger partial charge in [-0.2, -0.15) is 4.72 Å². The van der Waals surface area contributed by atoms with Crippen molar-refractivity contribution in [2.75, 3.05) is 13.2 Å². The number of amides is 1. The molecule has 0 heterocycles. The second kappa shape index (κ2) is 9.48. The second-order valence-corrected chi connectivity index (χ2v) is 7.91. The van der Waals surface area contributed by atoms with E-state index in [4.69, 9.17) is 4.74 Å². The third kappa shape index (κ3) is 6.04. The smallest absolute Gasteiger partial charge is 0.244 e. The van der Waals surface area contributed by atoms with Crippen LogP contribution in [0.25, 0.3) is 0 Å². The number of hydrogen-bond donors (Lipinski definition) is 2. The summed E-state index contributed by atoms with van der Waals surface area (Å²) in [4.78, 5) is 11.9. The topological polar surface area (TPSA) is 84.5 Å². The lowest BCUT2D eigenvalue weighted by molar-refractivity contribution is -0.123. The van der Waals surface area contributed by atoms with E-state index < -0.39 is 32.7 Å². The molecule has 0 aliphatic heterocycles. The van der Waals surface area contributed by atoms with Crippen molar-refractivity contribution in [3.8, 4) is 5.75 Å². The monoisotopic (exact) mass is 394 g/mol. The van der Waals surface area contributed by atoms with E-state index in [1.54, 1.807) is 26.0 Å². The number of rotatable bonds is 9. The SMILES string of the molecule is CC(C)[C@H](NS(=O)(=O)c1ccccc1F)C(=O)NCCOc1ccccc1. The molecule has 2 aromatic carbocycles. The predicted octanol–water partition coefficient (Wildman–Crippen LogP) is 2.32. The Bertz CT molecular complexity index is 857. The van der Waals surface area contributed by atoms with E-state index in [9.17, 15) is 17.6 Å². The molecule has 0 aliphatic carbocycles. The highest BCUT2D eigenvalue weighted by Gasteiger charge is 2.29. The van der Waals surface area contributed by atoms with Gasteiger partial charge in [-0.3, -0.25) is 4.79 Å². The Balaban J connectivity index is 1.95. The number of halogens is 1. The van der Waals surface area contributed by atoms with Gasteiger partial charge in [0, 0.05) is 0 Å². The van der Waals surface area contributed by atoms with Crippen LogP contribution in [0.5, 0.6) is 5.75 Å². The number of nitrogens with one attached hydrogen (secondary N) is 2. The first kappa shape index (κ1) is 20.9. The van der Waals surface area contributed by atoms with Crippen molar-refractivity contribution in [2.24, 2.45) is 5.92 Å². The predicted molar refractivity (Wildman–Crippen MR) is 100 cm³/mol. The molecule has 0 aliphatic rings. The lowest BCUT2D eigenvalue weighted by Crippen LogP contribution is -2.50. The summed E-state index contributed by atoms with van der Waals surface area (Å²) in [5.41, 5.74) is 0. The maximum Gasteiger partial charge on any atom is 0.244 e. The van der Waals surface area contributed by atoms with Gasteiger partial charge in [-0.05, 0) is 30.2 Å². The van der Waals surface area contributed by atoms with Crippen LogP contribution in [-0.2, 0) is 14.8 Å². The van der Waals surface area contributed by atoms with Gasteiger partial charge >= 0.3 is 0 Å². The molecule has 0 bridgehead atoms. The molecule has 8 heteroatoms. The highest BCUT2D eigenvalue weighted by atomic mass is 32.2. The number of sulfonamides is 1. The van der Waals surface area contributed by atoms with E-state index in [2.05, 4.69) is 10.0 Å². The number of ether oxygens (including phenoxy) is 1. The van der Waals surface area contributed by atoms with Gasteiger partial charge in [0.2, 0.25) is 15.9 Å². The normalized spacial score (nSPS) is 12.6. The van der Waals surface area contributed by atoms with Gasteiger partial charge in [-0.25, -0.2) is 12.8 Å². The molecule has 2 rings (SSSR count). The summed E-state index contributed by atoms with van der Waals surface area (Å²) in [6.45, 7) is 3.85. The van der Waals surface area contributed by atoms with Gasteiger partial charge in [0.1, 0.15) is 29.1 Å². The van der Waals surface area contributed by atoms with E-state index in [1.165, 1.54) is 12.1 Å². The molecule has 0 saturated heterocycles. The average Bonchev–Trinajstić information content (AvgIpc) is 2.64. The van der Waals surface area contributed by atoms with Crippen molar-refractivity contribution in [3.63, 3.8) is 0 Å². The van der Waals surface area contributed by atoms with Crippen LogP contribution >= 0.6 is 0 Å². The summed E-state index contributed by atoms with van der Waals surface area (Å²) in [5, 5.41) is 2.64. The quantitative estimate of drug-likeness (QED) is 0.640. The Kier molecular flexibility index (Phi) is 7.32. The minimum atomic E-state index is -4.17. The fourth-order valence-electron chi connectivity index (χ4n) is 2.36. The number of carbonyl (C=O) groups excluding carboxylic acids is 1. The van der Waals surface area contributed by atoms with Gasteiger partial charge in [-0.15, -0.1) is 0 Å². The fourth-order valence-corrected chi connectivity index (χ4v) is 3.78. The van der Waals surface area contributed by atoms with Crippen LogP contribution in [0.2, 0.25) is 0 Å². The summed E-state index contributed by atoms with van der Waals surface area (Å²) in [5.74, 6) is -1.03. The van der Waals surface area contributed by atoms with Crippen molar-refractivity contribution in [1.29, 1.82) is 0 Å². The Morgan fingerprint density at radius 1 is 1.07 bits per heavy atom. The molecule has 1 atom stereocenters.